The lowest BCUT2D eigenvalue weighted by atomic mass is 10.1. The van der Waals surface area contributed by atoms with Gasteiger partial charge in [-0.15, -0.1) is 0 Å². The first-order valence-electron chi connectivity index (χ1n) is 7.75. The Labute approximate surface area is 132 Å². The van der Waals surface area contributed by atoms with Crippen LogP contribution in [0.4, 0.5) is 5.82 Å². The molecule has 1 aromatic rings. The van der Waals surface area contributed by atoms with E-state index in [1.54, 1.807) is 23.6 Å². The molecule has 1 saturated heterocycles. The molecule has 0 radical (unpaired) electrons. The molecular formula is C14H24N4O3S. The van der Waals surface area contributed by atoms with Gasteiger partial charge in [0.2, 0.25) is 10.0 Å². The Morgan fingerprint density at radius 2 is 1.95 bits per heavy atom. The summed E-state index contributed by atoms with van der Waals surface area (Å²) < 4.78 is 30.9. The van der Waals surface area contributed by atoms with Gasteiger partial charge in [0.25, 0.3) is 5.88 Å². The van der Waals surface area contributed by atoms with Crippen LogP contribution >= 0.6 is 0 Å². The minimum Gasteiger partial charge on any atom is -0.475 e. The lowest BCUT2D eigenvalue weighted by Gasteiger charge is -2.31. The van der Waals surface area contributed by atoms with E-state index in [-0.39, 0.29) is 11.8 Å². The van der Waals surface area contributed by atoms with Gasteiger partial charge in [0.1, 0.15) is 0 Å². The molecule has 2 rings (SSSR count). The van der Waals surface area contributed by atoms with Crippen molar-refractivity contribution in [2.75, 3.05) is 30.8 Å². The molecule has 1 aromatic heterocycles. The number of piperidine rings is 1. The van der Waals surface area contributed by atoms with E-state index in [1.165, 1.54) is 0 Å². The molecule has 0 amide bonds. The minimum atomic E-state index is -3.08. The third-order valence-electron chi connectivity index (χ3n) is 3.66. The van der Waals surface area contributed by atoms with Crippen LogP contribution in [0.1, 0.15) is 33.1 Å². The third kappa shape index (κ3) is 4.30. The first-order valence-corrected chi connectivity index (χ1v) is 9.36. The summed E-state index contributed by atoms with van der Waals surface area (Å²) in [5, 5.41) is 3.33. The van der Waals surface area contributed by atoms with Crippen LogP contribution in [0.3, 0.4) is 0 Å². The maximum Gasteiger partial charge on any atom is 0.257 e. The second-order valence-corrected chi connectivity index (χ2v) is 7.53. The highest BCUT2D eigenvalue weighted by atomic mass is 32.2. The summed E-state index contributed by atoms with van der Waals surface area (Å²) in [7, 11) is -3.08. The number of anilines is 1. The number of nitrogens with one attached hydrogen (secondary N) is 1. The van der Waals surface area contributed by atoms with E-state index in [0.717, 1.165) is 19.3 Å². The molecule has 22 heavy (non-hydrogen) atoms. The van der Waals surface area contributed by atoms with Gasteiger partial charge in [-0.2, -0.15) is 0 Å². The van der Waals surface area contributed by atoms with Crippen LogP contribution < -0.4 is 10.1 Å². The maximum atomic E-state index is 11.9. The zero-order valence-electron chi connectivity index (χ0n) is 13.2. The summed E-state index contributed by atoms with van der Waals surface area (Å²) in [5.74, 6) is 1.30. The Morgan fingerprint density at radius 1 is 1.27 bits per heavy atom. The lowest BCUT2D eigenvalue weighted by Crippen LogP contribution is -2.43. The van der Waals surface area contributed by atoms with Crippen molar-refractivity contribution in [3.63, 3.8) is 0 Å². The highest BCUT2D eigenvalue weighted by Gasteiger charge is 2.27. The molecule has 0 bridgehead atoms. The number of sulfonamides is 1. The van der Waals surface area contributed by atoms with E-state index >= 15 is 0 Å². The fourth-order valence-electron chi connectivity index (χ4n) is 2.38. The predicted octanol–water partition coefficient (Wildman–Crippen LogP) is 1.49. The first-order chi connectivity index (χ1) is 10.6. The van der Waals surface area contributed by atoms with Gasteiger partial charge >= 0.3 is 0 Å². The SMILES string of the molecule is CCCOc1nccnc1NC1CCN(S(=O)(=O)CC)CC1. The van der Waals surface area contributed by atoms with E-state index in [9.17, 15) is 8.42 Å². The summed E-state index contributed by atoms with van der Waals surface area (Å²) in [6.07, 6.45) is 5.64. The van der Waals surface area contributed by atoms with Crippen molar-refractivity contribution in [2.24, 2.45) is 0 Å². The molecule has 124 valence electrons. The van der Waals surface area contributed by atoms with Gasteiger partial charge in [-0.1, -0.05) is 6.92 Å². The molecule has 0 aliphatic carbocycles. The van der Waals surface area contributed by atoms with E-state index in [0.29, 0.717) is 31.4 Å². The molecule has 0 aromatic carbocycles. The van der Waals surface area contributed by atoms with Gasteiger partial charge in [0.15, 0.2) is 5.82 Å². The molecule has 2 heterocycles. The van der Waals surface area contributed by atoms with Crippen LogP contribution in [0, 0.1) is 0 Å². The number of hydrogen-bond acceptors (Lipinski definition) is 6. The molecule has 0 saturated carbocycles. The highest BCUT2D eigenvalue weighted by Crippen LogP contribution is 2.23. The molecule has 1 aliphatic rings. The Balaban J connectivity index is 1.94. The van der Waals surface area contributed by atoms with Crippen LogP contribution in [0.15, 0.2) is 12.4 Å². The normalized spacial score (nSPS) is 17.4. The quantitative estimate of drug-likeness (QED) is 0.816. The van der Waals surface area contributed by atoms with Crippen molar-refractivity contribution >= 4 is 15.8 Å². The van der Waals surface area contributed by atoms with Gasteiger partial charge < -0.3 is 10.1 Å². The summed E-state index contributed by atoms with van der Waals surface area (Å²) in [4.78, 5) is 8.47. The predicted molar refractivity (Wildman–Crippen MR) is 85.5 cm³/mol. The molecule has 0 atom stereocenters. The van der Waals surface area contributed by atoms with Gasteiger partial charge in [-0.3, -0.25) is 0 Å². The van der Waals surface area contributed by atoms with Gasteiger partial charge in [-0.25, -0.2) is 22.7 Å². The number of ether oxygens (including phenoxy) is 1. The second kappa shape index (κ2) is 7.73. The third-order valence-corrected chi connectivity index (χ3v) is 5.54. The molecular weight excluding hydrogens is 304 g/mol. The average Bonchev–Trinajstić information content (AvgIpc) is 2.54. The smallest absolute Gasteiger partial charge is 0.257 e. The number of aromatic nitrogens is 2. The zero-order valence-corrected chi connectivity index (χ0v) is 14.0. The van der Waals surface area contributed by atoms with E-state index in [1.807, 2.05) is 6.92 Å². The Bertz CT molecular complexity index is 571. The summed E-state index contributed by atoms with van der Waals surface area (Å²) >= 11 is 0. The topological polar surface area (TPSA) is 84.4 Å². The van der Waals surface area contributed by atoms with Gasteiger partial charge in [0.05, 0.1) is 12.4 Å². The van der Waals surface area contributed by atoms with Crippen molar-refractivity contribution in [1.29, 1.82) is 0 Å². The van der Waals surface area contributed by atoms with Gasteiger partial charge in [0, 0.05) is 31.5 Å². The number of nitrogens with zero attached hydrogens (tertiary/aromatic N) is 3. The first kappa shape index (κ1) is 17.0. The fourth-order valence-corrected chi connectivity index (χ4v) is 3.52. The van der Waals surface area contributed by atoms with Crippen LogP contribution in [0.2, 0.25) is 0 Å². The van der Waals surface area contributed by atoms with Crippen molar-refractivity contribution in [2.45, 2.75) is 39.2 Å². The van der Waals surface area contributed by atoms with Gasteiger partial charge in [-0.05, 0) is 26.2 Å². The highest BCUT2D eigenvalue weighted by molar-refractivity contribution is 7.89. The molecule has 1 N–H and O–H groups in total. The molecule has 1 fully saturated rings. The van der Waals surface area contributed by atoms with Crippen molar-refractivity contribution < 1.29 is 13.2 Å². The monoisotopic (exact) mass is 328 g/mol. The second-order valence-electron chi connectivity index (χ2n) is 5.28. The molecule has 0 spiro atoms. The van der Waals surface area contributed by atoms with E-state index < -0.39 is 10.0 Å². The zero-order chi connectivity index (χ0) is 16.0. The Morgan fingerprint density at radius 3 is 2.59 bits per heavy atom. The lowest BCUT2D eigenvalue weighted by molar-refractivity contribution is 0.302. The summed E-state index contributed by atoms with van der Waals surface area (Å²) in [6.45, 7) is 5.39. The standard InChI is InChI=1S/C14H24N4O3S/c1-3-11-21-14-13(15-7-8-16-14)17-12-5-9-18(10-6-12)22(19,20)4-2/h7-8,12H,3-6,9-11H2,1-2H3,(H,15,17). The van der Waals surface area contributed by atoms with Crippen molar-refractivity contribution in [1.82, 2.24) is 14.3 Å². The maximum absolute atomic E-state index is 11.9. The van der Waals surface area contributed by atoms with Crippen LogP contribution in [0.25, 0.3) is 0 Å². The van der Waals surface area contributed by atoms with Crippen LogP contribution in [-0.2, 0) is 10.0 Å². The number of hydrogen-bond donors (Lipinski definition) is 1. The number of rotatable bonds is 7. The fraction of sp³-hybridized carbons (Fsp3) is 0.714. The largest absolute Gasteiger partial charge is 0.475 e. The Hall–Kier alpha value is -1.41. The minimum absolute atomic E-state index is 0.157. The van der Waals surface area contributed by atoms with Crippen molar-refractivity contribution in [3.05, 3.63) is 12.4 Å². The van der Waals surface area contributed by atoms with Crippen molar-refractivity contribution in [3.8, 4) is 5.88 Å². The van der Waals surface area contributed by atoms with E-state index in [4.69, 9.17) is 4.74 Å². The summed E-state index contributed by atoms with van der Waals surface area (Å²) in [5.41, 5.74) is 0. The van der Waals surface area contributed by atoms with E-state index in [2.05, 4.69) is 15.3 Å². The molecule has 0 unspecified atom stereocenters. The van der Waals surface area contributed by atoms with Crippen LogP contribution in [-0.4, -0.2) is 54.2 Å². The average molecular weight is 328 g/mol. The molecule has 1 aliphatic heterocycles. The Kier molecular flexibility index (Phi) is 5.96. The summed E-state index contributed by atoms with van der Waals surface area (Å²) in [6, 6.07) is 0.184. The molecule has 8 heteroatoms. The van der Waals surface area contributed by atoms with Crippen LogP contribution in [0.5, 0.6) is 5.88 Å². The molecule has 7 nitrogen and oxygen atoms in total.